The standard InChI is InChI=1S/C20H24N4OS/c1-12-10-18(21)23-19(22-12)26-13(2)16(25)11-17-20(3,4)14-8-6-7-9-15(14)24(17)5/h6-11,13H,1-5H3,(H2,21,22,23)/b17-11+/t13-/m0/s1. The molecule has 3 rings (SSSR count). The SMILES string of the molecule is Cc1cc(N)nc(S[C@@H](C)C(=O)/C=C2/N(C)c3ccccc3C2(C)C)n1. The molecule has 26 heavy (non-hydrogen) atoms. The predicted octanol–water partition coefficient (Wildman–Crippen LogP) is 3.73. The van der Waals surface area contributed by atoms with E-state index in [1.807, 2.05) is 33.0 Å². The summed E-state index contributed by atoms with van der Waals surface area (Å²) in [5.41, 5.74) is 9.74. The van der Waals surface area contributed by atoms with Gasteiger partial charge < -0.3 is 10.6 Å². The first-order valence-corrected chi connectivity index (χ1v) is 9.45. The number of nitrogens with two attached hydrogens (primary N) is 1. The van der Waals surface area contributed by atoms with E-state index < -0.39 is 0 Å². The molecule has 0 saturated heterocycles. The minimum atomic E-state index is -0.295. The maximum Gasteiger partial charge on any atom is 0.190 e. The highest BCUT2D eigenvalue weighted by molar-refractivity contribution is 8.00. The first kappa shape index (κ1) is 18.5. The first-order chi connectivity index (χ1) is 12.2. The molecule has 0 spiro atoms. The molecule has 0 aliphatic carbocycles. The zero-order valence-electron chi connectivity index (χ0n) is 15.8. The van der Waals surface area contributed by atoms with Crippen LogP contribution in [-0.2, 0) is 10.2 Å². The highest BCUT2D eigenvalue weighted by Gasteiger charge is 2.38. The van der Waals surface area contributed by atoms with Gasteiger partial charge in [0, 0.05) is 41.7 Å². The van der Waals surface area contributed by atoms with Crippen LogP contribution in [0, 0.1) is 6.92 Å². The van der Waals surface area contributed by atoms with Crippen LogP contribution in [0.5, 0.6) is 0 Å². The molecule has 1 aromatic carbocycles. The Balaban J connectivity index is 1.84. The Morgan fingerprint density at radius 2 is 2.00 bits per heavy atom. The van der Waals surface area contributed by atoms with Gasteiger partial charge in [-0.2, -0.15) is 0 Å². The minimum absolute atomic E-state index is 0.0430. The Morgan fingerprint density at radius 3 is 2.65 bits per heavy atom. The van der Waals surface area contributed by atoms with E-state index in [2.05, 4.69) is 40.8 Å². The van der Waals surface area contributed by atoms with Crippen LogP contribution in [0.1, 0.15) is 32.0 Å². The van der Waals surface area contributed by atoms with E-state index in [1.54, 1.807) is 12.1 Å². The van der Waals surface area contributed by atoms with E-state index >= 15 is 0 Å². The predicted molar refractivity (Wildman–Crippen MR) is 107 cm³/mol. The van der Waals surface area contributed by atoms with Gasteiger partial charge in [-0.05, 0) is 25.5 Å². The summed E-state index contributed by atoms with van der Waals surface area (Å²) in [6, 6.07) is 9.99. The number of anilines is 2. The van der Waals surface area contributed by atoms with Gasteiger partial charge in [-0.25, -0.2) is 9.97 Å². The fourth-order valence-electron chi connectivity index (χ4n) is 3.34. The van der Waals surface area contributed by atoms with Crippen molar-refractivity contribution in [2.45, 2.75) is 43.5 Å². The summed E-state index contributed by atoms with van der Waals surface area (Å²) in [6.45, 7) is 8.04. The van der Waals surface area contributed by atoms with Crippen LogP contribution in [0.4, 0.5) is 11.5 Å². The monoisotopic (exact) mass is 368 g/mol. The van der Waals surface area contributed by atoms with Crippen molar-refractivity contribution in [2.75, 3.05) is 17.7 Å². The van der Waals surface area contributed by atoms with Crippen molar-refractivity contribution < 1.29 is 4.79 Å². The first-order valence-electron chi connectivity index (χ1n) is 8.57. The van der Waals surface area contributed by atoms with E-state index in [0.29, 0.717) is 11.0 Å². The molecule has 1 atom stereocenters. The number of ketones is 1. The molecule has 6 heteroatoms. The van der Waals surface area contributed by atoms with Crippen molar-refractivity contribution >= 4 is 29.1 Å². The van der Waals surface area contributed by atoms with Crippen LogP contribution in [-0.4, -0.2) is 28.0 Å². The highest BCUT2D eigenvalue weighted by atomic mass is 32.2. The van der Waals surface area contributed by atoms with Gasteiger partial charge in [-0.15, -0.1) is 0 Å². The number of aryl methyl sites for hydroxylation is 1. The lowest BCUT2D eigenvalue weighted by atomic mass is 9.83. The van der Waals surface area contributed by atoms with Crippen molar-refractivity contribution in [3.8, 4) is 0 Å². The second-order valence-corrected chi connectivity index (χ2v) is 8.42. The second kappa shape index (κ2) is 6.76. The van der Waals surface area contributed by atoms with E-state index in [9.17, 15) is 4.79 Å². The van der Waals surface area contributed by atoms with Gasteiger partial charge in [0.1, 0.15) is 5.82 Å². The number of hydrogen-bond acceptors (Lipinski definition) is 6. The Bertz CT molecular complexity index is 871. The van der Waals surface area contributed by atoms with Gasteiger partial charge >= 0.3 is 0 Å². The molecule has 2 aromatic rings. The Morgan fingerprint density at radius 1 is 1.31 bits per heavy atom. The van der Waals surface area contributed by atoms with Gasteiger partial charge in [0.25, 0.3) is 0 Å². The van der Waals surface area contributed by atoms with Crippen LogP contribution < -0.4 is 10.6 Å². The average molecular weight is 369 g/mol. The van der Waals surface area contributed by atoms with Crippen molar-refractivity contribution in [1.29, 1.82) is 0 Å². The molecule has 0 unspecified atom stereocenters. The molecular formula is C20H24N4OS. The number of likely N-dealkylation sites (N-methyl/N-ethyl adjacent to an activating group) is 1. The molecule has 0 fully saturated rings. The molecule has 1 aliphatic rings. The number of nitrogen functional groups attached to an aromatic ring is 1. The van der Waals surface area contributed by atoms with Crippen LogP contribution in [0.15, 0.2) is 47.3 Å². The number of hydrogen-bond donors (Lipinski definition) is 1. The summed E-state index contributed by atoms with van der Waals surface area (Å²) < 4.78 is 0. The van der Waals surface area contributed by atoms with Gasteiger partial charge in [-0.3, -0.25) is 4.79 Å². The van der Waals surface area contributed by atoms with E-state index in [-0.39, 0.29) is 16.4 Å². The Kier molecular flexibility index (Phi) is 4.80. The minimum Gasteiger partial charge on any atom is -0.384 e. The molecule has 2 heterocycles. The summed E-state index contributed by atoms with van der Waals surface area (Å²) in [5.74, 6) is 0.464. The zero-order valence-corrected chi connectivity index (χ0v) is 16.6. The highest BCUT2D eigenvalue weighted by Crippen LogP contribution is 2.46. The number of fused-ring (bicyclic) bond motifs is 1. The molecular weight excluding hydrogens is 344 g/mol. The summed E-state index contributed by atoms with van der Waals surface area (Å²) >= 11 is 1.33. The number of carbonyl (C=O) groups excluding carboxylic acids is 1. The summed E-state index contributed by atoms with van der Waals surface area (Å²) in [7, 11) is 2.01. The molecule has 2 N–H and O–H groups in total. The van der Waals surface area contributed by atoms with Crippen molar-refractivity contribution in [1.82, 2.24) is 9.97 Å². The van der Waals surface area contributed by atoms with Crippen molar-refractivity contribution in [3.05, 3.63) is 53.4 Å². The van der Waals surface area contributed by atoms with E-state index in [4.69, 9.17) is 5.73 Å². The third-order valence-corrected chi connectivity index (χ3v) is 5.74. The zero-order chi connectivity index (χ0) is 19.1. The number of para-hydroxylation sites is 1. The maximum atomic E-state index is 12.8. The van der Waals surface area contributed by atoms with Gasteiger partial charge in [0.2, 0.25) is 0 Å². The third-order valence-electron chi connectivity index (χ3n) is 4.76. The number of allylic oxidation sites excluding steroid dienone is 2. The fraction of sp³-hybridized carbons (Fsp3) is 0.350. The van der Waals surface area contributed by atoms with Crippen LogP contribution >= 0.6 is 11.8 Å². The average Bonchev–Trinajstić information content (AvgIpc) is 2.75. The number of aromatic nitrogens is 2. The number of carbonyl (C=O) groups is 1. The molecule has 1 aliphatic heterocycles. The van der Waals surface area contributed by atoms with E-state index in [0.717, 1.165) is 17.1 Å². The fourth-order valence-corrected chi connectivity index (χ4v) is 4.20. The largest absolute Gasteiger partial charge is 0.384 e. The van der Waals surface area contributed by atoms with E-state index in [1.165, 1.54) is 17.3 Å². The number of benzene rings is 1. The third kappa shape index (κ3) is 3.33. The number of rotatable bonds is 4. The number of nitrogens with zero attached hydrogens (tertiary/aromatic N) is 3. The van der Waals surface area contributed by atoms with Crippen molar-refractivity contribution in [3.63, 3.8) is 0 Å². The molecule has 0 bridgehead atoms. The summed E-state index contributed by atoms with van der Waals surface area (Å²) in [4.78, 5) is 23.5. The van der Waals surface area contributed by atoms with Gasteiger partial charge in [-0.1, -0.05) is 43.8 Å². The smallest absolute Gasteiger partial charge is 0.190 e. The molecule has 0 radical (unpaired) electrons. The second-order valence-electron chi connectivity index (χ2n) is 7.11. The molecule has 5 nitrogen and oxygen atoms in total. The molecule has 0 saturated carbocycles. The summed E-state index contributed by atoms with van der Waals surface area (Å²) in [6.07, 6.45) is 1.76. The normalized spacial score (nSPS) is 18.0. The quantitative estimate of drug-likeness (QED) is 0.504. The topological polar surface area (TPSA) is 72.1 Å². The van der Waals surface area contributed by atoms with Gasteiger partial charge in [0.05, 0.1) is 5.25 Å². The Labute approximate surface area is 158 Å². The summed E-state index contributed by atoms with van der Waals surface area (Å²) in [5, 5.41) is 0.237. The lowest BCUT2D eigenvalue weighted by Gasteiger charge is -2.24. The molecule has 0 amide bonds. The van der Waals surface area contributed by atoms with Gasteiger partial charge in [0.15, 0.2) is 10.9 Å². The number of thioether (sulfide) groups is 1. The van der Waals surface area contributed by atoms with Crippen LogP contribution in [0.2, 0.25) is 0 Å². The lowest BCUT2D eigenvalue weighted by Crippen LogP contribution is -2.25. The Hall–Kier alpha value is -2.34. The maximum absolute atomic E-state index is 12.8. The van der Waals surface area contributed by atoms with Crippen molar-refractivity contribution in [2.24, 2.45) is 0 Å². The molecule has 1 aromatic heterocycles. The molecule has 136 valence electrons. The lowest BCUT2D eigenvalue weighted by molar-refractivity contribution is -0.114. The van der Waals surface area contributed by atoms with Crippen LogP contribution in [0.25, 0.3) is 0 Å². The van der Waals surface area contributed by atoms with Crippen LogP contribution in [0.3, 0.4) is 0 Å².